The molecule has 4 nitrogen and oxygen atoms in total. The Morgan fingerprint density at radius 3 is 2.72 bits per heavy atom. The van der Waals surface area contributed by atoms with E-state index in [0.717, 1.165) is 37.0 Å². The Morgan fingerprint density at radius 2 is 2.04 bits per heavy atom. The molecule has 1 spiro atoms. The molecule has 0 amide bonds. The lowest BCUT2D eigenvalue weighted by Crippen LogP contribution is -2.44. The summed E-state index contributed by atoms with van der Waals surface area (Å²) >= 11 is 0. The van der Waals surface area contributed by atoms with Crippen LogP contribution >= 0.6 is 0 Å². The normalized spacial score (nSPS) is 49.7. The van der Waals surface area contributed by atoms with E-state index in [1.54, 1.807) is 0 Å². The third-order valence-electron chi connectivity index (χ3n) is 8.80. The highest BCUT2D eigenvalue weighted by Gasteiger charge is 2.70. The van der Waals surface area contributed by atoms with Crippen LogP contribution in [0.25, 0.3) is 0 Å². The summed E-state index contributed by atoms with van der Waals surface area (Å²) in [6, 6.07) is 0. The van der Waals surface area contributed by atoms with Crippen molar-refractivity contribution < 1.29 is 19.1 Å². The molecule has 138 valence electrons. The fourth-order valence-corrected chi connectivity index (χ4v) is 7.40. The fourth-order valence-electron chi connectivity index (χ4n) is 7.40. The maximum atomic E-state index is 12.5. The molecule has 8 atom stereocenters. The van der Waals surface area contributed by atoms with Crippen LogP contribution in [0, 0.1) is 46.3 Å². The van der Waals surface area contributed by atoms with Crippen LogP contribution in [0.5, 0.6) is 0 Å². The first-order valence-electron chi connectivity index (χ1n) is 10.2. The topological polar surface area (TPSA) is 52.6 Å². The number of hydrogen-bond acceptors (Lipinski definition) is 4. The molecule has 4 heteroatoms. The van der Waals surface area contributed by atoms with E-state index in [2.05, 4.69) is 6.92 Å². The summed E-state index contributed by atoms with van der Waals surface area (Å²) in [6.07, 6.45) is 6.33. The van der Waals surface area contributed by atoms with Gasteiger partial charge in [-0.15, -0.1) is 0 Å². The van der Waals surface area contributed by atoms with Gasteiger partial charge in [-0.1, -0.05) is 6.92 Å². The maximum absolute atomic E-state index is 12.5. The van der Waals surface area contributed by atoms with Crippen molar-refractivity contribution in [2.45, 2.75) is 65.4 Å². The zero-order valence-electron chi connectivity index (χ0n) is 15.6. The Balaban J connectivity index is 1.32. The molecule has 0 aromatic rings. The Morgan fingerprint density at radius 1 is 1.24 bits per heavy atom. The highest BCUT2D eigenvalue weighted by Crippen LogP contribution is 2.73. The van der Waals surface area contributed by atoms with Crippen molar-refractivity contribution in [3.8, 4) is 0 Å². The number of fused-ring (bicyclic) bond motifs is 10. The van der Waals surface area contributed by atoms with E-state index in [1.165, 1.54) is 12.8 Å². The van der Waals surface area contributed by atoms with Crippen LogP contribution < -0.4 is 0 Å². The van der Waals surface area contributed by atoms with Crippen LogP contribution in [0.15, 0.2) is 0 Å². The molecular weight excluding hydrogens is 316 g/mol. The molecule has 5 fully saturated rings. The molecule has 8 unspecified atom stereocenters. The molecule has 5 aliphatic rings. The monoisotopic (exact) mass is 346 g/mol. The van der Waals surface area contributed by atoms with E-state index in [4.69, 9.17) is 9.47 Å². The SMILES string of the molecule is CCC(C)(C)C(=O)OC1CC2CC1C1C3CC(C21)C1(COC(=O)C1)C3. The predicted molar refractivity (Wildman–Crippen MR) is 91.4 cm³/mol. The van der Waals surface area contributed by atoms with Gasteiger partial charge in [-0.05, 0) is 81.5 Å². The molecule has 25 heavy (non-hydrogen) atoms. The van der Waals surface area contributed by atoms with Crippen molar-refractivity contribution in [1.29, 1.82) is 0 Å². The largest absolute Gasteiger partial charge is 0.465 e. The summed E-state index contributed by atoms with van der Waals surface area (Å²) in [5, 5.41) is 0. The molecule has 0 N–H and O–H groups in total. The second-order valence-electron chi connectivity index (χ2n) is 10.2. The van der Waals surface area contributed by atoms with E-state index in [9.17, 15) is 9.59 Å². The molecule has 0 aromatic carbocycles. The maximum Gasteiger partial charge on any atom is 0.311 e. The zero-order chi connectivity index (χ0) is 17.6. The van der Waals surface area contributed by atoms with E-state index in [0.29, 0.717) is 30.8 Å². The molecule has 1 saturated heterocycles. The van der Waals surface area contributed by atoms with E-state index < -0.39 is 0 Å². The third-order valence-corrected chi connectivity index (χ3v) is 8.80. The Hall–Kier alpha value is -1.06. The second kappa shape index (κ2) is 5.01. The Bertz CT molecular complexity index is 625. The van der Waals surface area contributed by atoms with Gasteiger partial charge < -0.3 is 9.47 Å². The van der Waals surface area contributed by atoms with Gasteiger partial charge >= 0.3 is 11.9 Å². The molecule has 0 aromatic heterocycles. The molecule has 5 rings (SSSR count). The quantitative estimate of drug-likeness (QED) is 0.579. The molecule has 4 bridgehead atoms. The average molecular weight is 346 g/mol. The van der Waals surface area contributed by atoms with Crippen LogP contribution in [-0.4, -0.2) is 24.6 Å². The van der Waals surface area contributed by atoms with Gasteiger partial charge in [0.25, 0.3) is 0 Å². The van der Waals surface area contributed by atoms with Crippen LogP contribution in [-0.2, 0) is 19.1 Å². The molecule has 0 radical (unpaired) electrons. The van der Waals surface area contributed by atoms with Gasteiger partial charge in [-0.25, -0.2) is 0 Å². The number of esters is 2. The lowest BCUT2D eigenvalue weighted by Gasteiger charge is -2.45. The van der Waals surface area contributed by atoms with E-state index >= 15 is 0 Å². The smallest absolute Gasteiger partial charge is 0.311 e. The highest BCUT2D eigenvalue weighted by molar-refractivity contribution is 5.76. The average Bonchev–Trinajstić information content (AvgIpc) is 3.33. The van der Waals surface area contributed by atoms with Gasteiger partial charge in [0.05, 0.1) is 18.4 Å². The summed E-state index contributed by atoms with van der Waals surface area (Å²) in [7, 11) is 0. The van der Waals surface area contributed by atoms with Crippen molar-refractivity contribution >= 4 is 11.9 Å². The van der Waals surface area contributed by atoms with Crippen LogP contribution in [0.4, 0.5) is 0 Å². The summed E-state index contributed by atoms with van der Waals surface area (Å²) < 4.78 is 11.4. The predicted octanol–water partition coefficient (Wildman–Crippen LogP) is 3.58. The number of ether oxygens (including phenoxy) is 2. The van der Waals surface area contributed by atoms with Gasteiger partial charge in [0.15, 0.2) is 0 Å². The van der Waals surface area contributed by atoms with Gasteiger partial charge in [-0.2, -0.15) is 0 Å². The van der Waals surface area contributed by atoms with Gasteiger partial charge in [0.1, 0.15) is 6.10 Å². The zero-order valence-corrected chi connectivity index (χ0v) is 15.6. The standard InChI is InChI=1S/C21H30O4/c1-4-20(2,3)19(23)25-15-7-11-5-13(15)17-12-6-14(18(11)17)21(8-12)9-16(22)24-10-21/h11-15,17-18H,4-10H2,1-3H3. The van der Waals surface area contributed by atoms with Crippen molar-refractivity contribution in [2.24, 2.45) is 46.3 Å². The van der Waals surface area contributed by atoms with Gasteiger partial charge in [0, 0.05) is 5.41 Å². The molecule has 1 heterocycles. The van der Waals surface area contributed by atoms with E-state index in [-0.39, 0.29) is 28.9 Å². The van der Waals surface area contributed by atoms with Crippen molar-refractivity contribution in [3.63, 3.8) is 0 Å². The number of carbonyl (C=O) groups is 2. The highest BCUT2D eigenvalue weighted by atomic mass is 16.5. The summed E-state index contributed by atoms with van der Waals surface area (Å²) in [5.74, 6) is 4.14. The molecule has 4 aliphatic carbocycles. The van der Waals surface area contributed by atoms with Crippen LogP contribution in [0.1, 0.15) is 59.3 Å². The molecule has 4 saturated carbocycles. The number of cyclic esters (lactones) is 1. The van der Waals surface area contributed by atoms with Crippen LogP contribution in [0.2, 0.25) is 0 Å². The first-order chi connectivity index (χ1) is 11.8. The first kappa shape index (κ1) is 16.1. The molecular formula is C21H30O4. The summed E-state index contributed by atoms with van der Waals surface area (Å²) in [5.41, 5.74) is -0.217. The third kappa shape index (κ3) is 2.06. The Labute approximate surface area is 150 Å². The molecule has 1 aliphatic heterocycles. The van der Waals surface area contributed by atoms with Gasteiger partial charge in [-0.3, -0.25) is 9.59 Å². The van der Waals surface area contributed by atoms with E-state index in [1.807, 2.05) is 13.8 Å². The minimum Gasteiger partial charge on any atom is -0.465 e. The second-order valence-corrected chi connectivity index (χ2v) is 10.2. The lowest BCUT2D eigenvalue weighted by molar-refractivity contribution is -0.165. The number of carbonyl (C=O) groups excluding carboxylic acids is 2. The van der Waals surface area contributed by atoms with Crippen LogP contribution in [0.3, 0.4) is 0 Å². The lowest BCUT2D eigenvalue weighted by atomic mass is 9.60. The number of hydrogen-bond donors (Lipinski definition) is 0. The first-order valence-corrected chi connectivity index (χ1v) is 10.2. The minimum absolute atomic E-state index is 0.0147. The van der Waals surface area contributed by atoms with Crippen molar-refractivity contribution in [1.82, 2.24) is 0 Å². The fraction of sp³-hybridized carbons (Fsp3) is 0.905. The number of rotatable bonds is 3. The van der Waals surface area contributed by atoms with Crippen molar-refractivity contribution in [2.75, 3.05) is 6.61 Å². The summed E-state index contributed by atoms with van der Waals surface area (Å²) in [6.45, 7) is 6.70. The van der Waals surface area contributed by atoms with Crippen molar-refractivity contribution in [3.05, 3.63) is 0 Å². The van der Waals surface area contributed by atoms with Gasteiger partial charge in [0.2, 0.25) is 0 Å². The minimum atomic E-state index is -0.373. The summed E-state index contributed by atoms with van der Waals surface area (Å²) in [4.78, 5) is 24.3. The Kier molecular flexibility index (Phi) is 3.24.